The van der Waals surface area contributed by atoms with Crippen molar-refractivity contribution >= 4 is 11.7 Å². The number of likely N-dealkylation sites (tertiary alicyclic amines) is 1. The lowest BCUT2D eigenvalue weighted by molar-refractivity contribution is -0.132. The first-order valence-corrected chi connectivity index (χ1v) is 10.7. The molecule has 0 unspecified atom stereocenters. The number of para-hydroxylation sites is 1. The minimum Gasteiger partial charge on any atom is -0.457 e. The van der Waals surface area contributed by atoms with Crippen LogP contribution >= 0.6 is 0 Å². The third kappa shape index (κ3) is 5.57. The van der Waals surface area contributed by atoms with Gasteiger partial charge in [0.2, 0.25) is 5.91 Å². The second-order valence-corrected chi connectivity index (χ2v) is 7.80. The van der Waals surface area contributed by atoms with Crippen molar-refractivity contribution in [1.82, 2.24) is 9.88 Å². The van der Waals surface area contributed by atoms with E-state index in [9.17, 15) is 9.59 Å². The van der Waals surface area contributed by atoms with E-state index in [-0.39, 0.29) is 17.6 Å². The molecule has 1 aliphatic rings. The topological polar surface area (TPSA) is 59.5 Å². The molecule has 1 aliphatic heterocycles. The van der Waals surface area contributed by atoms with Gasteiger partial charge in [0.15, 0.2) is 5.78 Å². The van der Waals surface area contributed by atoms with Crippen LogP contribution in [0.25, 0.3) is 0 Å². The van der Waals surface area contributed by atoms with Crippen LogP contribution in [0.1, 0.15) is 35.3 Å². The Morgan fingerprint density at radius 2 is 1.68 bits per heavy atom. The number of ether oxygens (including phenoxy) is 1. The first kappa shape index (κ1) is 20.8. The molecule has 1 atom stereocenters. The average molecular weight is 415 g/mol. The monoisotopic (exact) mass is 414 g/mol. The highest BCUT2D eigenvalue weighted by Gasteiger charge is 2.28. The Hall–Kier alpha value is -3.47. The molecule has 0 spiro atoms. The number of pyridine rings is 1. The predicted molar refractivity (Wildman–Crippen MR) is 119 cm³/mol. The smallest absolute Gasteiger partial charge is 0.222 e. The van der Waals surface area contributed by atoms with Gasteiger partial charge in [0, 0.05) is 42.9 Å². The number of carbonyl (C=O) groups excluding carboxylic acids is 2. The number of hydrogen-bond acceptors (Lipinski definition) is 4. The fraction of sp³-hybridized carbons (Fsp3) is 0.269. The summed E-state index contributed by atoms with van der Waals surface area (Å²) in [4.78, 5) is 31.8. The van der Waals surface area contributed by atoms with Crippen molar-refractivity contribution in [3.05, 3.63) is 90.3 Å². The van der Waals surface area contributed by atoms with E-state index in [1.54, 1.807) is 6.20 Å². The lowest BCUT2D eigenvalue weighted by Crippen LogP contribution is -2.42. The van der Waals surface area contributed by atoms with Gasteiger partial charge >= 0.3 is 0 Å². The minimum atomic E-state index is -0.159. The number of amides is 1. The van der Waals surface area contributed by atoms with Gasteiger partial charge in [-0.1, -0.05) is 24.3 Å². The van der Waals surface area contributed by atoms with Gasteiger partial charge in [0.25, 0.3) is 0 Å². The summed E-state index contributed by atoms with van der Waals surface area (Å²) in [6.45, 7) is 1.21. The van der Waals surface area contributed by atoms with Gasteiger partial charge in [-0.15, -0.1) is 0 Å². The average Bonchev–Trinajstić information content (AvgIpc) is 2.84. The zero-order valence-electron chi connectivity index (χ0n) is 17.4. The molecule has 1 fully saturated rings. The molecular weight excluding hydrogens is 388 g/mol. The molecule has 2 heterocycles. The van der Waals surface area contributed by atoms with Gasteiger partial charge in [-0.2, -0.15) is 0 Å². The Morgan fingerprint density at radius 1 is 0.935 bits per heavy atom. The van der Waals surface area contributed by atoms with Crippen molar-refractivity contribution in [3.8, 4) is 11.5 Å². The zero-order chi connectivity index (χ0) is 21.5. The van der Waals surface area contributed by atoms with E-state index in [0.29, 0.717) is 37.2 Å². The molecule has 0 saturated carbocycles. The van der Waals surface area contributed by atoms with E-state index in [0.717, 1.165) is 24.3 Å². The van der Waals surface area contributed by atoms with Crippen LogP contribution in [-0.2, 0) is 11.2 Å². The molecule has 31 heavy (non-hydrogen) atoms. The predicted octanol–water partition coefficient (Wildman–Crippen LogP) is 4.93. The maximum absolute atomic E-state index is 13.0. The third-order valence-corrected chi connectivity index (χ3v) is 5.58. The second-order valence-electron chi connectivity index (χ2n) is 7.80. The minimum absolute atomic E-state index is 0.0912. The van der Waals surface area contributed by atoms with E-state index in [1.165, 1.54) is 0 Å². The maximum Gasteiger partial charge on any atom is 0.222 e. The highest BCUT2D eigenvalue weighted by molar-refractivity contribution is 5.98. The molecular formula is C26H26N2O3. The fourth-order valence-corrected chi connectivity index (χ4v) is 3.90. The standard InChI is InChI=1S/C26H26N2O3/c29-25(16-13-22-8-4-5-17-27-22)28-18-6-7-21(19-28)26(30)20-11-14-24(15-12-20)31-23-9-2-1-3-10-23/h1-5,8-12,14-15,17,21H,6-7,13,16,18-19H2/t21-/m0/s1. The molecule has 0 aliphatic carbocycles. The van der Waals surface area contributed by atoms with Crippen LogP contribution in [0.5, 0.6) is 11.5 Å². The molecule has 0 radical (unpaired) electrons. The molecule has 1 amide bonds. The highest BCUT2D eigenvalue weighted by Crippen LogP contribution is 2.25. The number of ketones is 1. The lowest BCUT2D eigenvalue weighted by atomic mass is 9.89. The van der Waals surface area contributed by atoms with Gasteiger partial charge < -0.3 is 9.64 Å². The number of benzene rings is 2. The van der Waals surface area contributed by atoms with Crippen LogP contribution in [0.2, 0.25) is 0 Å². The Morgan fingerprint density at radius 3 is 2.42 bits per heavy atom. The van der Waals surface area contributed by atoms with Gasteiger partial charge in [-0.05, 0) is 67.8 Å². The van der Waals surface area contributed by atoms with Crippen LogP contribution in [0.3, 0.4) is 0 Å². The SMILES string of the molecule is O=C(c1ccc(Oc2ccccc2)cc1)[C@H]1CCCN(C(=O)CCc2ccccn2)C1. The van der Waals surface area contributed by atoms with E-state index in [2.05, 4.69) is 4.98 Å². The first-order chi connectivity index (χ1) is 15.2. The summed E-state index contributed by atoms with van der Waals surface area (Å²) >= 11 is 0. The summed E-state index contributed by atoms with van der Waals surface area (Å²) in [5.74, 6) is 1.48. The highest BCUT2D eigenvalue weighted by atomic mass is 16.5. The van der Waals surface area contributed by atoms with Gasteiger partial charge in [-0.25, -0.2) is 0 Å². The molecule has 1 saturated heterocycles. The summed E-state index contributed by atoms with van der Waals surface area (Å²) in [6, 6.07) is 22.5. The molecule has 2 aromatic carbocycles. The van der Waals surface area contributed by atoms with Gasteiger partial charge in [0.1, 0.15) is 11.5 Å². The Labute approximate surface area is 182 Å². The van der Waals surface area contributed by atoms with Crippen LogP contribution in [0.4, 0.5) is 0 Å². The number of nitrogens with zero attached hydrogens (tertiary/aromatic N) is 2. The lowest BCUT2D eigenvalue weighted by Gasteiger charge is -2.32. The summed E-state index contributed by atoms with van der Waals surface area (Å²) < 4.78 is 5.80. The molecule has 158 valence electrons. The molecule has 0 N–H and O–H groups in total. The van der Waals surface area contributed by atoms with E-state index in [4.69, 9.17) is 4.74 Å². The number of aromatic nitrogens is 1. The normalized spacial score (nSPS) is 16.0. The number of piperidine rings is 1. The third-order valence-electron chi connectivity index (χ3n) is 5.58. The summed E-state index contributed by atoms with van der Waals surface area (Å²) in [5, 5.41) is 0. The van der Waals surface area contributed by atoms with Crippen LogP contribution in [0, 0.1) is 5.92 Å². The van der Waals surface area contributed by atoms with Crippen molar-refractivity contribution < 1.29 is 14.3 Å². The number of carbonyl (C=O) groups is 2. The molecule has 5 nitrogen and oxygen atoms in total. The Bertz CT molecular complexity index is 1000. The molecule has 3 aromatic rings. The van der Waals surface area contributed by atoms with Crippen molar-refractivity contribution in [2.75, 3.05) is 13.1 Å². The summed E-state index contributed by atoms with van der Waals surface area (Å²) in [5.41, 5.74) is 1.58. The fourth-order valence-electron chi connectivity index (χ4n) is 3.90. The van der Waals surface area contributed by atoms with E-state index in [1.807, 2.05) is 77.7 Å². The Balaban J connectivity index is 1.33. The van der Waals surface area contributed by atoms with Crippen molar-refractivity contribution in [2.45, 2.75) is 25.7 Å². The molecule has 4 rings (SSSR count). The number of aryl methyl sites for hydroxylation is 1. The van der Waals surface area contributed by atoms with Crippen LogP contribution in [0.15, 0.2) is 79.0 Å². The van der Waals surface area contributed by atoms with Crippen molar-refractivity contribution in [1.29, 1.82) is 0 Å². The second kappa shape index (κ2) is 10.0. The molecule has 1 aromatic heterocycles. The summed E-state index contributed by atoms with van der Waals surface area (Å²) in [7, 11) is 0. The number of Topliss-reactive ketones (excluding diaryl/α,β-unsaturated/α-hetero) is 1. The quantitative estimate of drug-likeness (QED) is 0.515. The zero-order valence-corrected chi connectivity index (χ0v) is 17.4. The molecule has 0 bridgehead atoms. The van der Waals surface area contributed by atoms with Gasteiger partial charge in [-0.3, -0.25) is 14.6 Å². The first-order valence-electron chi connectivity index (χ1n) is 10.7. The number of hydrogen-bond donors (Lipinski definition) is 0. The summed E-state index contributed by atoms with van der Waals surface area (Å²) in [6.07, 6.45) is 4.44. The van der Waals surface area contributed by atoms with Crippen molar-refractivity contribution in [3.63, 3.8) is 0 Å². The van der Waals surface area contributed by atoms with E-state index >= 15 is 0 Å². The molecule has 5 heteroatoms. The number of rotatable bonds is 7. The maximum atomic E-state index is 13.0. The van der Waals surface area contributed by atoms with Crippen molar-refractivity contribution in [2.24, 2.45) is 5.92 Å². The van der Waals surface area contributed by atoms with Gasteiger partial charge in [0.05, 0.1) is 0 Å². The van der Waals surface area contributed by atoms with Crippen LogP contribution in [-0.4, -0.2) is 34.7 Å². The van der Waals surface area contributed by atoms with E-state index < -0.39 is 0 Å². The largest absolute Gasteiger partial charge is 0.457 e. The Kier molecular flexibility index (Phi) is 6.72. The van der Waals surface area contributed by atoms with Crippen LogP contribution < -0.4 is 4.74 Å².